The SMILES string of the molecule is Cn1cc(B(O)OC(C)(C)C(C)(C)O)cn1. The van der Waals surface area contributed by atoms with E-state index in [0.29, 0.717) is 5.46 Å². The third kappa shape index (κ3) is 2.84. The highest BCUT2D eigenvalue weighted by molar-refractivity contribution is 6.59. The average Bonchev–Trinajstić information content (AvgIpc) is 2.48. The van der Waals surface area contributed by atoms with Crippen LogP contribution in [0.15, 0.2) is 12.4 Å². The third-order valence-electron chi connectivity index (χ3n) is 2.89. The first-order chi connectivity index (χ1) is 7.13. The maximum absolute atomic E-state index is 9.89. The Kier molecular flexibility index (Phi) is 3.47. The van der Waals surface area contributed by atoms with Crippen LogP contribution in [0.1, 0.15) is 27.7 Å². The van der Waals surface area contributed by atoms with Crippen molar-refractivity contribution in [2.24, 2.45) is 7.05 Å². The number of hydrogen-bond donors (Lipinski definition) is 2. The summed E-state index contributed by atoms with van der Waals surface area (Å²) in [7, 11) is 0.673. The largest absolute Gasteiger partial charge is 0.494 e. The van der Waals surface area contributed by atoms with E-state index in [-0.39, 0.29) is 0 Å². The van der Waals surface area contributed by atoms with Gasteiger partial charge >= 0.3 is 7.12 Å². The van der Waals surface area contributed by atoms with Gasteiger partial charge in [0.2, 0.25) is 0 Å². The summed E-state index contributed by atoms with van der Waals surface area (Å²) in [5.74, 6) is 0. The maximum atomic E-state index is 9.89. The minimum absolute atomic E-state index is 0.569. The van der Waals surface area contributed by atoms with Gasteiger partial charge in [0, 0.05) is 24.9 Å². The van der Waals surface area contributed by atoms with Crippen LogP contribution in [0.25, 0.3) is 0 Å². The van der Waals surface area contributed by atoms with Gasteiger partial charge in [-0.25, -0.2) is 0 Å². The van der Waals surface area contributed by atoms with E-state index in [0.717, 1.165) is 0 Å². The van der Waals surface area contributed by atoms with Crippen molar-refractivity contribution < 1.29 is 14.8 Å². The van der Waals surface area contributed by atoms with Crippen molar-refractivity contribution in [2.45, 2.75) is 38.9 Å². The number of aryl methyl sites for hydroxylation is 1. The van der Waals surface area contributed by atoms with Gasteiger partial charge in [-0.05, 0) is 27.7 Å². The summed E-state index contributed by atoms with van der Waals surface area (Å²) in [4.78, 5) is 0. The van der Waals surface area contributed by atoms with Crippen LogP contribution in [0.5, 0.6) is 0 Å². The summed E-state index contributed by atoms with van der Waals surface area (Å²) >= 11 is 0. The van der Waals surface area contributed by atoms with E-state index < -0.39 is 18.3 Å². The lowest BCUT2D eigenvalue weighted by atomic mass is 9.78. The Labute approximate surface area is 96.2 Å². The highest BCUT2D eigenvalue weighted by atomic mass is 16.5. The zero-order chi connectivity index (χ0) is 12.6. The van der Waals surface area contributed by atoms with Crippen LogP contribution in [0.3, 0.4) is 0 Å². The van der Waals surface area contributed by atoms with Gasteiger partial charge in [0.1, 0.15) is 0 Å². The van der Waals surface area contributed by atoms with Gasteiger partial charge in [-0.2, -0.15) is 5.10 Å². The molecule has 0 atom stereocenters. The summed E-state index contributed by atoms with van der Waals surface area (Å²) < 4.78 is 7.04. The molecule has 6 heteroatoms. The standard InChI is InChI=1S/C10H19BN2O3/c1-9(2,14)10(3,4)16-11(15)8-6-12-13(5)7-8/h6-7,14-15H,1-5H3. The summed E-state index contributed by atoms with van der Waals surface area (Å²) in [5, 5.41) is 23.7. The highest BCUT2D eigenvalue weighted by Crippen LogP contribution is 2.25. The second-order valence-electron chi connectivity index (χ2n) is 4.99. The fraction of sp³-hybridized carbons (Fsp3) is 0.700. The van der Waals surface area contributed by atoms with Gasteiger partial charge in [0.15, 0.2) is 0 Å². The van der Waals surface area contributed by atoms with E-state index in [1.807, 2.05) is 0 Å². The fourth-order valence-corrected chi connectivity index (χ4v) is 1.06. The Balaban J connectivity index is 2.75. The molecule has 0 aliphatic rings. The summed E-state index contributed by atoms with van der Waals surface area (Å²) in [6.07, 6.45) is 3.20. The zero-order valence-electron chi connectivity index (χ0n) is 10.4. The van der Waals surface area contributed by atoms with Crippen LogP contribution in [-0.2, 0) is 11.7 Å². The first-order valence-electron chi connectivity index (χ1n) is 5.20. The Bertz CT molecular complexity index is 357. The van der Waals surface area contributed by atoms with Crippen LogP contribution in [-0.4, -0.2) is 38.2 Å². The van der Waals surface area contributed by atoms with E-state index in [1.54, 1.807) is 45.6 Å². The number of hydrogen-bond acceptors (Lipinski definition) is 4. The van der Waals surface area contributed by atoms with Crippen LogP contribution >= 0.6 is 0 Å². The van der Waals surface area contributed by atoms with Crippen LogP contribution < -0.4 is 5.46 Å². The fourth-order valence-electron chi connectivity index (χ4n) is 1.06. The van der Waals surface area contributed by atoms with Gasteiger partial charge < -0.3 is 14.8 Å². The molecule has 90 valence electrons. The van der Waals surface area contributed by atoms with Crippen molar-refractivity contribution in [2.75, 3.05) is 0 Å². The first-order valence-corrected chi connectivity index (χ1v) is 5.20. The molecule has 5 nitrogen and oxygen atoms in total. The monoisotopic (exact) mass is 226 g/mol. The van der Waals surface area contributed by atoms with Crippen molar-refractivity contribution in [3.8, 4) is 0 Å². The molecule has 1 rings (SSSR count). The number of aliphatic hydroxyl groups is 1. The molecule has 0 aliphatic heterocycles. The lowest BCUT2D eigenvalue weighted by Gasteiger charge is -2.38. The quantitative estimate of drug-likeness (QED) is 0.690. The van der Waals surface area contributed by atoms with Crippen molar-refractivity contribution in [3.05, 3.63) is 12.4 Å². The topological polar surface area (TPSA) is 67.5 Å². The Hall–Kier alpha value is -0.845. The van der Waals surface area contributed by atoms with Crippen molar-refractivity contribution in [3.63, 3.8) is 0 Å². The lowest BCUT2D eigenvalue weighted by Crippen LogP contribution is -2.53. The molecule has 0 aliphatic carbocycles. The minimum atomic E-state index is -1.09. The summed E-state index contributed by atoms with van der Waals surface area (Å²) in [6, 6.07) is 0. The molecular formula is C10H19BN2O3. The Morgan fingerprint density at radius 3 is 2.31 bits per heavy atom. The Morgan fingerprint density at radius 1 is 1.38 bits per heavy atom. The lowest BCUT2D eigenvalue weighted by molar-refractivity contribution is -0.0982. The van der Waals surface area contributed by atoms with E-state index >= 15 is 0 Å². The molecule has 0 bridgehead atoms. The molecule has 0 aromatic carbocycles. The van der Waals surface area contributed by atoms with Gasteiger partial charge in [0.05, 0.1) is 11.2 Å². The molecule has 0 saturated carbocycles. The number of rotatable bonds is 4. The zero-order valence-corrected chi connectivity index (χ0v) is 10.4. The van der Waals surface area contributed by atoms with E-state index in [2.05, 4.69) is 5.10 Å². The molecular weight excluding hydrogens is 207 g/mol. The van der Waals surface area contributed by atoms with Crippen LogP contribution in [0.2, 0.25) is 0 Å². The molecule has 0 amide bonds. The van der Waals surface area contributed by atoms with Gasteiger partial charge in [0.25, 0.3) is 0 Å². The van der Waals surface area contributed by atoms with E-state index in [4.69, 9.17) is 4.65 Å². The van der Waals surface area contributed by atoms with Crippen molar-refractivity contribution in [1.82, 2.24) is 9.78 Å². The van der Waals surface area contributed by atoms with Crippen molar-refractivity contribution >= 4 is 12.6 Å². The van der Waals surface area contributed by atoms with Crippen LogP contribution in [0, 0.1) is 0 Å². The predicted molar refractivity (Wildman–Crippen MR) is 62.3 cm³/mol. The molecule has 0 saturated heterocycles. The summed E-state index contributed by atoms with van der Waals surface area (Å²) in [6.45, 7) is 6.74. The van der Waals surface area contributed by atoms with Crippen LogP contribution in [0.4, 0.5) is 0 Å². The number of nitrogens with zero attached hydrogens (tertiary/aromatic N) is 2. The maximum Gasteiger partial charge on any atom is 0.494 e. The summed E-state index contributed by atoms with van der Waals surface area (Å²) in [5.41, 5.74) is -1.34. The normalized spacial score (nSPS) is 12.9. The molecule has 1 aromatic heterocycles. The van der Waals surface area contributed by atoms with Crippen molar-refractivity contribution in [1.29, 1.82) is 0 Å². The predicted octanol–water partition coefficient (Wildman–Crippen LogP) is -0.326. The van der Waals surface area contributed by atoms with E-state index in [9.17, 15) is 10.1 Å². The molecule has 0 spiro atoms. The molecule has 16 heavy (non-hydrogen) atoms. The van der Waals surface area contributed by atoms with Gasteiger partial charge in [-0.15, -0.1) is 0 Å². The second kappa shape index (κ2) is 4.20. The molecule has 0 radical (unpaired) electrons. The molecule has 1 heterocycles. The second-order valence-corrected chi connectivity index (χ2v) is 4.99. The Morgan fingerprint density at radius 2 is 1.94 bits per heavy atom. The van der Waals surface area contributed by atoms with E-state index in [1.165, 1.54) is 6.20 Å². The molecule has 1 aromatic rings. The van der Waals surface area contributed by atoms with Gasteiger partial charge in [-0.1, -0.05) is 0 Å². The van der Waals surface area contributed by atoms with Gasteiger partial charge in [-0.3, -0.25) is 4.68 Å². The molecule has 2 N–H and O–H groups in total. The highest BCUT2D eigenvalue weighted by Gasteiger charge is 2.39. The smallest absolute Gasteiger partial charge is 0.423 e. The average molecular weight is 226 g/mol. The number of aromatic nitrogens is 2. The molecule has 0 unspecified atom stereocenters. The first kappa shape index (κ1) is 13.2. The molecule has 0 fully saturated rings. The minimum Gasteiger partial charge on any atom is -0.423 e. The third-order valence-corrected chi connectivity index (χ3v) is 2.89.